The van der Waals surface area contributed by atoms with E-state index >= 15 is 0 Å². The number of methoxy groups -OCH3 is 1. The van der Waals surface area contributed by atoms with E-state index in [4.69, 9.17) is 14.2 Å². The molecule has 1 aromatic heterocycles. The number of hydrogen-bond acceptors (Lipinski definition) is 7. The highest BCUT2D eigenvalue weighted by Crippen LogP contribution is 2.34. The molecule has 0 unspecified atom stereocenters. The molecule has 166 valence electrons. The Morgan fingerprint density at radius 2 is 1.91 bits per heavy atom. The second kappa shape index (κ2) is 9.65. The fourth-order valence-electron chi connectivity index (χ4n) is 2.95. The van der Waals surface area contributed by atoms with Crippen LogP contribution in [0.15, 0.2) is 57.0 Å². The Bertz CT molecular complexity index is 1290. The summed E-state index contributed by atoms with van der Waals surface area (Å²) in [6.07, 6.45) is 1.36. The van der Waals surface area contributed by atoms with E-state index in [1.165, 1.54) is 6.08 Å². The SMILES string of the molecule is C=CCOC(=O)c1nn(-c2cc(C)c(Oc3ccc(OC)c(Br)c3)c(C)c2)c(=O)[nH]c1=O. The highest BCUT2D eigenvalue weighted by Gasteiger charge is 2.18. The molecule has 0 saturated carbocycles. The number of benzene rings is 2. The third-order valence-electron chi connectivity index (χ3n) is 4.39. The molecule has 9 nitrogen and oxygen atoms in total. The van der Waals surface area contributed by atoms with E-state index in [2.05, 4.69) is 32.6 Å². The predicted octanol–water partition coefficient (Wildman–Crippen LogP) is 3.44. The Morgan fingerprint density at radius 3 is 2.50 bits per heavy atom. The van der Waals surface area contributed by atoms with Gasteiger partial charge in [-0.2, -0.15) is 9.78 Å². The molecule has 1 heterocycles. The summed E-state index contributed by atoms with van der Waals surface area (Å²) < 4.78 is 17.8. The zero-order valence-electron chi connectivity index (χ0n) is 17.6. The van der Waals surface area contributed by atoms with Crippen LogP contribution in [0.2, 0.25) is 0 Å². The number of nitrogens with one attached hydrogen (secondary N) is 1. The van der Waals surface area contributed by atoms with Gasteiger partial charge in [-0.05, 0) is 71.2 Å². The van der Waals surface area contributed by atoms with Crippen molar-refractivity contribution in [3.8, 4) is 22.9 Å². The monoisotopic (exact) mass is 501 g/mol. The molecule has 0 aliphatic carbocycles. The van der Waals surface area contributed by atoms with Gasteiger partial charge in [-0.15, -0.1) is 0 Å². The van der Waals surface area contributed by atoms with Gasteiger partial charge in [0.05, 0.1) is 17.3 Å². The van der Waals surface area contributed by atoms with Crippen LogP contribution < -0.4 is 20.7 Å². The van der Waals surface area contributed by atoms with Crippen LogP contribution in [-0.4, -0.2) is 34.5 Å². The van der Waals surface area contributed by atoms with Crippen LogP contribution in [0.25, 0.3) is 5.69 Å². The first-order valence-electron chi connectivity index (χ1n) is 9.39. The van der Waals surface area contributed by atoms with Crippen molar-refractivity contribution in [3.05, 3.63) is 85.1 Å². The summed E-state index contributed by atoms with van der Waals surface area (Å²) in [6, 6.07) is 8.64. The molecule has 0 aliphatic heterocycles. The van der Waals surface area contributed by atoms with Gasteiger partial charge in [0.25, 0.3) is 5.56 Å². The topological polar surface area (TPSA) is 113 Å². The van der Waals surface area contributed by atoms with Crippen LogP contribution in [0.4, 0.5) is 0 Å². The zero-order valence-corrected chi connectivity index (χ0v) is 19.2. The predicted molar refractivity (Wildman–Crippen MR) is 121 cm³/mol. The summed E-state index contributed by atoms with van der Waals surface area (Å²) in [4.78, 5) is 38.5. The van der Waals surface area contributed by atoms with E-state index in [9.17, 15) is 14.4 Å². The van der Waals surface area contributed by atoms with Crippen molar-refractivity contribution in [2.75, 3.05) is 13.7 Å². The standard InChI is InChI=1S/C22H20BrN3O6/c1-5-8-31-21(28)18-20(27)24-22(29)26(25-18)14-9-12(2)19(13(3)10-14)32-15-6-7-17(30-4)16(23)11-15/h5-7,9-11H,1,8H2,2-4H3,(H,24,27,29). The van der Waals surface area contributed by atoms with Crippen molar-refractivity contribution in [1.29, 1.82) is 0 Å². The first-order valence-corrected chi connectivity index (χ1v) is 10.2. The van der Waals surface area contributed by atoms with Crippen LogP contribution in [0, 0.1) is 13.8 Å². The van der Waals surface area contributed by atoms with Crippen LogP contribution in [0.3, 0.4) is 0 Å². The number of carbonyl (C=O) groups is 1. The van der Waals surface area contributed by atoms with Gasteiger partial charge in [0, 0.05) is 0 Å². The molecule has 0 saturated heterocycles. The summed E-state index contributed by atoms with van der Waals surface area (Å²) in [6.45, 7) is 6.96. The van der Waals surface area contributed by atoms with E-state index in [1.54, 1.807) is 51.3 Å². The van der Waals surface area contributed by atoms with Crippen molar-refractivity contribution in [2.24, 2.45) is 0 Å². The number of rotatable bonds is 7. The molecule has 0 aliphatic rings. The molecule has 0 fully saturated rings. The number of nitrogens with zero attached hydrogens (tertiary/aromatic N) is 2. The number of esters is 1. The Balaban J connectivity index is 2.00. The van der Waals surface area contributed by atoms with Crippen LogP contribution in [0.1, 0.15) is 21.6 Å². The molecule has 32 heavy (non-hydrogen) atoms. The second-order valence-corrected chi connectivity index (χ2v) is 7.57. The summed E-state index contributed by atoms with van der Waals surface area (Å²) in [7, 11) is 1.57. The molecule has 0 spiro atoms. The van der Waals surface area contributed by atoms with Gasteiger partial charge in [0.2, 0.25) is 5.69 Å². The fraction of sp³-hybridized carbons (Fsp3) is 0.182. The molecule has 2 aromatic carbocycles. The lowest BCUT2D eigenvalue weighted by atomic mass is 10.1. The van der Waals surface area contributed by atoms with Gasteiger partial charge in [-0.3, -0.25) is 9.78 Å². The Morgan fingerprint density at radius 1 is 1.22 bits per heavy atom. The zero-order chi connectivity index (χ0) is 23.4. The van der Waals surface area contributed by atoms with Gasteiger partial charge in [-0.1, -0.05) is 12.7 Å². The molecule has 3 aromatic rings. The quantitative estimate of drug-likeness (QED) is 0.389. The van der Waals surface area contributed by atoms with Crippen LogP contribution >= 0.6 is 15.9 Å². The maximum Gasteiger partial charge on any atom is 0.364 e. The van der Waals surface area contributed by atoms with Crippen molar-refractivity contribution < 1.29 is 19.0 Å². The number of hydrogen-bond donors (Lipinski definition) is 1. The Kier molecular flexibility index (Phi) is 6.94. The highest BCUT2D eigenvalue weighted by atomic mass is 79.9. The summed E-state index contributed by atoms with van der Waals surface area (Å²) in [5.41, 5.74) is -0.488. The Hall–Kier alpha value is -3.66. The summed E-state index contributed by atoms with van der Waals surface area (Å²) >= 11 is 3.42. The molecule has 10 heteroatoms. The lowest BCUT2D eigenvalue weighted by Gasteiger charge is -2.15. The summed E-state index contributed by atoms with van der Waals surface area (Å²) in [5, 5.41) is 3.91. The molecule has 0 atom stereocenters. The van der Waals surface area contributed by atoms with Crippen molar-refractivity contribution in [2.45, 2.75) is 13.8 Å². The van der Waals surface area contributed by atoms with Gasteiger partial charge >= 0.3 is 11.7 Å². The molecule has 0 amide bonds. The maximum atomic E-state index is 12.4. The third kappa shape index (κ3) is 4.80. The van der Waals surface area contributed by atoms with Crippen LogP contribution in [0.5, 0.6) is 17.2 Å². The average Bonchev–Trinajstić information content (AvgIpc) is 2.74. The van der Waals surface area contributed by atoms with Crippen molar-refractivity contribution >= 4 is 21.9 Å². The van der Waals surface area contributed by atoms with Crippen LogP contribution in [-0.2, 0) is 4.74 Å². The lowest BCUT2D eigenvalue weighted by molar-refractivity contribution is 0.0538. The lowest BCUT2D eigenvalue weighted by Crippen LogP contribution is -2.36. The fourth-order valence-corrected chi connectivity index (χ4v) is 3.47. The smallest absolute Gasteiger partial charge is 0.364 e. The van der Waals surface area contributed by atoms with E-state index < -0.39 is 22.9 Å². The maximum absolute atomic E-state index is 12.4. The molecular formula is C22H20BrN3O6. The minimum atomic E-state index is -0.960. The molecule has 3 rings (SSSR count). The second-order valence-electron chi connectivity index (χ2n) is 6.71. The van der Waals surface area contributed by atoms with Crippen molar-refractivity contribution in [3.63, 3.8) is 0 Å². The number of aromatic amines is 1. The normalized spacial score (nSPS) is 10.5. The van der Waals surface area contributed by atoms with E-state index in [1.807, 2.05) is 0 Å². The van der Waals surface area contributed by atoms with E-state index in [-0.39, 0.29) is 6.61 Å². The molecule has 0 bridgehead atoms. The van der Waals surface area contributed by atoms with Gasteiger partial charge in [0.1, 0.15) is 23.9 Å². The third-order valence-corrected chi connectivity index (χ3v) is 5.01. The minimum absolute atomic E-state index is 0.0925. The number of halogens is 1. The van der Waals surface area contributed by atoms with Gasteiger partial charge in [0.15, 0.2) is 0 Å². The number of aromatic nitrogens is 3. The highest BCUT2D eigenvalue weighted by molar-refractivity contribution is 9.10. The van der Waals surface area contributed by atoms with E-state index in [0.29, 0.717) is 34.1 Å². The largest absolute Gasteiger partial charge is 0.496 e. The number of aryl methyl sites for hydroxylation is 2. The van der Waals surface area contributed by atoms with E-state index in [0.717, 1.165) is 9.15 Å². The first-order chi connectivity index (χ1) is 15.2. The molecule has 1 N–H and O–H groups in total. The summed E-state index contributed by atoms with van der Waals surface area (Å²) in [5.74, 6) is 0.891. The number of H-pyrrole nitrogens is 1. The first kappa shape index (κ1) is 23.0. The van der Waals surface area contributed by atoms with Gasteiger partial charge < -0.3 is 14.2 Å². The number of ether oxygens (including phenoxy) is 3. The van der Waals surface area contributed by atoms with Crippen molar-refractivity contribution in [1.82, 2.24) is 14.8 Å². The van der Waals surface area contributed by atoms with Gasteiger partial charge in [-0.25, -0.2) is 9.59 Å². The minimum Gasteiger partial charge on any atom is -0.496 e. The molecule has 0 radical (unpaired) electrons. The Labute approximate surface area is 191 Å². The average molecular weight is 502 g/mol. The number of carbonyl (C=O) groups excluding carboxylic acids is 1. The molecular weight excluding hydrogens is 482 g/mol.